The molecule has 1 heterocycles. The zero-order chi connectivity index (χ0) is 15.8. The van der Waals surface area contributed by atoms with Crippen molar-refractivity contribution in [2.75, 3.05) is 0 Å². The van der Waals surface area contributed by atoms with Crippen LogP contribution in [0.3, 0.4) is 0 Å². The van der Waals surface area contributed by atoms with Crippen LogP contribution in [-0.2, 0) is 20.6 Å². The minimum atomic E-state index is -4.85. The van der Waals surface area contributed by atoms with Gasteiger partial charge in [0.1, 0.15) is 5.82 Å². The Labute approximate surface area is 115 Å². The molecule has 5 nitrogen and oxygen atoms in total. The van der Waals surface area contributed by atoms with Gasteiger partial charge in [0.25, 0.3) is 11.8 Å². The summed E-state index contributed by atoms with van der Waals surface area (Å²) in [6.07, 6.45) is -5.18. The first-order chi connectivity index (χ1) is 9.68. The molecule has 1 aromatic carbocycles. The molecule has 112 valence electrons. The second-order valence-corrected chi connectivity index (χ2v) is 4.19. The van der Waals surface area contributed by atoms with Gasteiger partial charge in [-0.25, -0.2) is 9.18 Å². The van der Waals surface area contributed by atoms with Gasteiger partial charge in [0, 0.05) is 12.8 Å². The molecule has 0 radical (unpaired) electrons. The van der Waals surface area contributed by atoms with Gasteiger partial charge in [-0.1, -0.05) is 0 Å². The number of hydrogen-bond donors (Lipinski definition) is 0. The molecule has 1 fully saturated rings. The highest BCUT2D eigenvalue weighted by atomic mass is 19.4. The third-order valence-corrected chi connectivity index (χ3v) is 2.64. The monoisotopic (exact) mass is 305 g/mol. The molecule has 1 aliphatic heterocycles. The third kappa shape index (κ3) is 3.18. The molecule has 21 heavy (non-hydrogen) atoms. The molecule has 0 spiro atoms. The van der Waals surface area contributed by atoms with Crippen LogP contribution in [-0.4, -0.2) is 22.8 Å². The Balaban J connectivity index is 2.25. The van der Waals surface area contributed by atoms with E-state index in [2.05, 4.69) is 4.84 Å². The highest BCUT2D eigenvalue weighted by Gasteiger charge is 2.35. The van der Waals surface area contributed by atoms with Crippen molar-refractivity contribution in [3.8, 4) is 0 Å². The molecule has 1 saturated heterocycles. The van der Waals surface area contributed by atoms with Crippen LogP contribution in [0.5, 0.6) is 0 Å². The molecule has 0 aliphatic carbocycles. The topological polar surface area (TPSA) is 63.7 Å². The first-order valence-electron chi connectivity index (χ1n) is 5.64. The first kappa shape index (κ1) is 14.9. The molecular weight excluding hydrogens is 298 g/mol. The summed E-state index contributed by atoms with van der Waals surface area (Å²) >= 11 is 0. The van der Waals surface area contributed by atoms with Crippen LogP contribution < -0.4 is 0 Å². The van der Waals surface area contributed by atoms with Gasteiger partial charge in [-0.05, 0) is 18.2 Å². The number of carbonyl (C=O) groups excluding carboxylic acids is 3. The number of rotatable bonds is 2. The van der Waals surface area contributed by atoms with Crippen LogP contribution in [0.4, 0.5) is 17.6 Å². The standard InChI is InChI=1S/C12H7F4NO4/c13-8-4-6(3-7(5-8)12(14,15)16)11(20)21-17-9(18)1-2-10(17)19/h3-5H,1-2H2. The lowest BCUT2D eigenvalue weighted by Crippen LogP contribution is -2.32. The van der Waals surface area contributed by atoms with Crippen molar-refractivity contribution in [3.63, 3.8) is 0 Å². The van der Waals surface area contributed by atoms with Crippen molar-refractivity contribution in [2.45, 2.75) is 19.0 Å². The van der Waals surface area contributed by atoms with Crippen LogP contribution in [0.25, 0.3) is 0 Å². The number of hydroxylamine groups is 2. The van der Waals surface area contributed by atoms with Gasteiger partial charge in [-0.2, -0.15) is 13.2 Å². The summed E-state index contributed by atoms with van der Waals surface area (Å²) in [5.41, 5.74) is -2.14. The van der Waals surface area contributed by atoms with E-state index < -0.39 is 40.9 Å². The number of nitrogens with zero attached hydrogens (tertiary/aromatic N) is 1. The zero-order valence-electron chi connectivity index (χ0n) is 10.2. The molecule has 0 saturated carbocycles. The summed E-state index contributed by atoms with van der Waals surface area (Å²) in [4.78, 5) is 38.5. The van der Waals surface area contributed by atoms with E-state index in [0.717, 1.165) is 0 Å². The lowest BCUT2D eigenvalue weighted by atomic mass is 10.1. The van der Waals surface area contributed by atoms with Gasteiger partial charge >= 0.3 is 12.1 Å². The normalized spacial score (nSPS) is 15.5. The van der Waals surface area contributed by atoms with E-state index in [-0.39, 0.29) is 24.0 Å². The summed E-state index contributed by atoms with van der Waals surface area (Å²) in [7, 11) is 0. The molecule has 0 N–H and O–H groups in total. The Bertz CT molecular complexity index is 610. The van der Waals surface area contributed by atoms with Crippen molar-refractivity contribution >= 4 is 17.8 Å². The lowest BCUT2D eigenvalue weighted by Gasteiger charge is -2.13. The van der Waals surface area contributed by atoms with Crippen molar-refractivity contribution in [1.29, 1.82) is 0 Å². The van der Waals surface area contributed by atoms with E-state index in [4.69, 9.17) is 0 Å². The van der Waals surface area contributed by atoms with Gasteiger partial charge < -0.3 is 4.84 Å². The quantitative estimate of drug-likeness (QED) is 0.620. The number of alkyl halides is 3. The summed E-state index contributed by atoms with van der Waals surface area (Å²) < 4.78 is 50.6. The van der Waals surface area contributed by atoms with E-state index >= 15 is 0 Å². The minimum Gasteiger partial charge on any atom is -0.325 e. The zero-order valence-corrected chi connectivity index (χ0v) is 10.2. The van der Waals surface area contributed by atoms with E-state index in [1.807, 2.05) is 0 Å². The maximum Gasteiger partial charge on any atom is 0.416 e. The van der Waals surface area contributed by atoms with Gasteiger partial charge in [0.2, 0.25) is 0 Å². The molecule has 1 aromatic rings. The molecule has 1 aliphatic rings. The van der Waals surface area contributed by atoms with Crippen LogP contribution >= 0.6 is 0 Å². The van der Waals surface area contributed by atoms with Crippen molar-refractivity contribution in [2.24, 2.45) is 0 Å². The molecule has 0 atom stereocenters. The van der Waals surface area contributed by atoms with E-state index in [1.165, 1.54) is 0 Å². The molecule has 9 heteroatoms. The summed E-state index contributed by atoms with van der Waals surface area (Å²) in [5.74, 6) is -4.30. The highest BCUT2D eigenvalue weighted by molar-refractivity contribution is 6.02. The van der Waals surface area contributed by atoms with Gasteiger partial charge in [0.05, 0.1) is 11.1 Å². The fourth-order valence-corrected chi connectivity index (χ4v) is 1.66. The highest BCUT2D eigenvalue weighted by Crippen LogP contribution is 2.30. The van der Waals surface area contributed by atoms with E-state index in [9.17, 15) is 31.9 Å². The number of amides is 2. The van der Waals surface area contributed by atoms with Crippen LogP contribution in [0.15, 0.2) is 18.2 Å². The van der Waals surface area contributed by atoms with Gasteiger partial charge in [-0.15, -0.1) is 5.06 Å². The average Bonchev–Trinajstić information content (AvgIpc) is 2.68. The second kappa shape index (κ2) is 5.15. The predicted octanol–water partition coefficient (Wildman–Crippen LogP) is 2.07. The maximum atomic E-state index is 13.1. The van der Waals surface area contributed by atoms with Crippen LogP contribution in [0, 0.1) is 5.82 Å². The van der Waals surface area contributed by atoms with Crippen LogP contribution in [0.2, 0.25) is 0 Å². The molecule has 2 amide bonds. The maximum absolute atomic E-state index is 13.1. The number of benzene rings is 1. The Kier molecular flexibility index (Phi) is 3.67. The Morgan fingerprint density at radius 1 is 1.10 bits per heavy atom. The number of imide groups is 1. The predicted molar refractivity (Wildman–Crippen MR) is 57.9 cm³/mol. The Morgan fingerprint density at radius 2 is 1.67 bits per heavy atom. The Hall–Kier alpha value is -2.45. The van der Waals surface area contributed by atoms with Crippen molar-refractivity contribution in [3.05, 3.63) is 35.1 Å². The van der Waals surface area contributed by atoms with Crippen molar-refractivity contribution < 1.29 is 36.8 Å². The molecule has 0 aromatic heterocycles. The SMILES string of the molecule is O=C(ON1C(=O)CCC1=O)c1cc(F)cc(C(F)(F)F)c1. The average molecular weight is 305 g/mol. The summed E-state index contributed by atoms with van der Waals surface area (Å²) in [6, 6.07) is 1.10. The second-order valence-electron chi connectivity index (χ2n) is 4.19. The number of carbonyl (C=O) groups is 3. The number of hydrogen-bond acceptors (Lipinski definition) is 4. The van der Waals surface area contributed by atoms with E-state index in [0.29, 0.717) is 12.1 Å². The van der Waals surface area contributed by atoms with E-state index in [1.54, 1.807) is 0 Å². The van der Waals surface area contributed by atoms with Gasteiger partial charge in [0.15, 0.2) is 0 Å². The van der Waals surface area contributed by atoms with Crippen LogP contribution in [0.1, 0.15) is 28.8 Å². The third-order valence-electron chi connectivity index (χ3n) is 2.64. The smallest absolute Gasteiger partial charge is 0.325 e. The number of halogens is 4. The lowest BCUT2D eigenvalue weighted by molar-refractivity contribution is -0.172. The fourth-order valence-electron chi connectivity index (χ4n) is 1.66. The molecular formula is C12H7F4NO4. The van der Waals surface area contributed by atoms with Gasteiger partial charge in [-0.3, -0.25) is 9.59 Å². The summed E-state index contributed by atoms with van der Waals surface area (Å²) in [6.45, 7) is 0. The minimum absolute atomic E-state index is 0.164. The van der Waals surface area contributed by atoms with Crippen molar-refractivity contribution in [1.82, 2.24) is 5.06 Å². The fraction of sp³-hybridized carbons (Fsp3) is 0.250. The Morgan fingerprint density at radius 3 is 2.19 bits per heavy atom. The molecule has 2 rings (SSSR count). The summed E-state index contributed by atoms with van der Waals surface area (Å²) in [5, 5.41) is 0.167. The largest absolute Gasteiger partial charge is 0.416 e. The molecule has 0 bridgehead atoms. The first-order valence-corrected chi connectivity index (χ1v) is 5.64. The molecule has 0 unspecified atom stereocenters.